The summed E-state index contributed by atoms with van der Waals surface area (Å²) in [7, 11) is 0. The Balaban J connectivity index is 2.27. The van der Waals surface area contributed by atoms with Gasteiger partial charge < -0.3 is 11.1 Å². The number of halogens is 1. The van der Waals surface area contributed by atoms with E-state index in [1.54, 1.807) is 6.07 Å². The number of aryl methyl sites for hydroxylation is 1. The van der Waals surface area contributed by atoms with Gasteiger partial charge in [-0.25, -0.2) is 0 Å². The number of carbonyl (C=O) groups excluding carboxylic acids is 1. The largest absolute Gasteiger partial charge is 0.394 e. The molecule has 0 fully saturated rings. The van der Waals surface area contributed by atoms with Gasteiger partial charge in [0.05, 0.1) is 17.4 Å². The molecule has 0 aliphatic carbocycles. The number of hydrogen-bond acceptors (Lipinski definition) is 3. The molecule has 6 heteroatoms. The molecule has 1 aromatic heterocycles. The van der Waals surface area contributed by atoms with E-state index in [2.05, 4.69) is 38.1 Å². The summed E-state index contributed by atoms with van der Waals surface area (Å²) >= 11 is 2.15. The fraction of sp³-hybridized carbons (Fsp3) is 0.0909. The number of H-pyrrole nitrogens is 1. The molecular formula is C11H11IN4O. The molecule has 0 unspecified atom stereocenters. The summed E-state index contributed by atoms with van der Waals surface area (Å²) in [5.41, 5.74) is 7.73. The molecule has 0 aliphatic heterocycles. The Morgan fingerprint density at radius 2 is 2.29 bits per heavy atom. The zero-order valence-corrected chi connectivity index (χ0v) is 11.3. The fourth-order valence-corrected chi connectivity index (χ4v) is 2.00. The molecule has 2 rings (SSSR count). The van der Waals surface area contributed by atoms with Crippen molar-refractivity contribution in [3.63, 3.8) is 0 Å². The van der Waals surface area contributed by atoms with Crippen LogP contribution in [0.25, 0.3) is 0 Å². The molecule has 0 saturated heterocycles. The van der Waals surface area contributed by atoms with Crippen LogP contribution in [0.3, 0.4) is 0 Å². The predicted octanol–water partition coefficient (Wildman–Crippen LogP) is 2.16. The van der Waals surface area contributed by atoms with Crippen molar-refractivity contribution in [3.8, 4) is 0 Å². The smallest absolute Gasteiger partial charge is 0.257 e. The first-order valence-electron chi connectivity index (χ1n) is 4.95. The summed E-state index contributed by atoms with van der Waals surface area (Å²) in [5.74, 6) is 0.223. The number of nitrogens with one attached hydrogen (secondary N) is 2. The normalized spacial score (nSPS) is 10.2. The molecule has 0 atom stereocenters. The highest BCUT2D eigenvalue weighted by atomic mass is 127. The maximum Gasteiger partial charge on any atom is 0.257 e. The van der Waals surface area contributed by atoms with E-state index in [-0.39, 0.29) is 5.91 Å². The average molecular weight is 342 g/mol. The van der Waals surface area contributed by atoms with Crippen LogP contribution in [0, 0.1) is 10.5 Å². The Bertz CT molecular complexity index is 564. The van der Waals surface area contributed by atoms with Crippen molar-refractivity contribution >= 4 is 40.0 Å². The second-order valence-electron chi connectivity index (χ2n) is 3.59. The Labute approximate surface area is 112 Å². The Morgan fingerprint density at radius 1 is 1.53 bits per heavy atom. The van der Waals surface area contributed by atoms with E-state index in [0.29, 0.717) is 17.1 Å². The van der Waals surface area contributed by atoms with Gasteiger partial charge in [0.2, 0.25) is 0 Å². The molecule has 17 heavy (non-hydrogen) atoms. The summed E-state index contributed by atoms with van der Waals surface area (Å²) < 4.78 is 0.931. The van der Waals surface area contributed by atoms with E-state index in [4.69, 9.17) is 5.73 Å². The molecule has 88 valence electrons. The predicted molar refractivity (Wildman–Crippen MR) is 74.8 cm³/mol. The Morgan fingerprint density at radius 3 is 2.94 bits per heavy atom. The third-order valence-corrected chi connectivity index (χ3v) is 3.78. The van der Waals surface area contributed by atoms with E-state index in [1.807, 2.05) is 19.1 Å². The molecule has 0 saturated carbocycles. The van der Waals surface area contributed by atoms with Crippen LogP contribution in [0.4, 0.5) is 11.5 Å². The zero-order valence-electron chi connectivity index (χ0n) is 9.12. The minimum absolute atomic E-state index is 0.200. The van der Waals surface area contributed by atoms with Gasteiger partial charge in [0.1, 0.15) is 0 Å². The molecule has 2 aromatic rings. The van der Waals surface area contributed by atoms with Crippen molar-refractivity contribution in [3.05, 3.63) is 39.1 Å². The van der Waals surface area contributed by atoms with Crippen molar-refractivity contribution in [2.45, 2.75) is 6.92 Å². The van der Waals surface area contributed by atoms with Gasteiger partial charge in [0.15, 0.2) is 5.82 Å². The van der Waals surface area contributed by atoms with E-state index >= 15 is 0 Å². The summed E-state index contributed by atoms with van der Waals surface area (Å²) in [5, 5.41) is 9.06. The summed E-state index contributed by atoms with van der Waals surface area (Å²) in [6.07, 6.45) is 1.46. The molecule has 0 aliphatic rings. The average Bonchev–Trinajstić information content (AvgIpc) is 2.68. The number of hydrogen-bond donors (Lipinski definition) is 3. The third-order valence-electron chi connectivity index (χ3n) is 2.34. The lowest BCUT2D eigenvalue weighted by Gasteiger charge is -2.07. The molecule has 0 bridgehead atoms. The van der Waals surface area contributed by atoms with E-state index < -0.39 is 0 Å². The lowest BCUT2D eigenvalue weighted by molar-refractivity contribution is 0.102. The van der Waals surface area contributed by atoms with Gasteiger partial charge in [-0.15, -0.1) is 0 Å². The second kappa shape index (κ2) is 4.74. The topological polar surface area (TPSA) is 83.8 Å². The van der Waals surface area contributed by atoms with Crippen LogP contribution >= 0.6 is 22.6 Å². The van der Waals surface area contributed by atoms with Gasteiger partial charge in [0.25, 0.3) is 5.91 Å². The van der Waals surface area contributed by atoms with Crippen molar-refractivity contribution < 1.29 is 4.79 Å². The highest BCUT2D eigenvalue weighted by Gasteiger charge is 2.13. The van der Waals surface area contributed by atoms with Gasteiger partial charge in [0, 0.05) is 3.57 Å². The van der Waals surface area contributed by atoms with Crippen LogP contribution < -0.4 is 11.1 Å². The lowest BCUT2D eigenvalue weighted by Crippen LogP contribution is -2.15. The highest BCUT2D eigenvalue weighted by molar-refractivity contribution is 14.1. The van der Waals surface area contributed by atoms with Gasteiger partial charge in [-0.1, -0.05) is 12.1 Å². The quantitative estimate of drug-likeness (QED) is 0.732. The standard InChI is InChI=1S/C11H11IN4O/c1-6-3-2-4-7(9(6)12)11(17)15-10-8(13)5-14-16-10/h2-5H,13H2,1H3,(H2,14,15,16,17). The first-order chi connectivity index (χ1) is 8.09. The van der Waals surface area contributed by atoms with Crippen LogP contribution in [0.5, 0.6) is 0 Å². The van der Waals surface area contributed by atoms with Crippen molar-refractivity contribution in [1.29, 1.82) is 0 Å². The number of nitrogens with two attached hydrogens (primary N) is 1. The first kappa shape index (κ1) is 11.9. The third kappa shape index (κ3) is 2.41. The minimum Gasteiger partial charge on any atom is -0.394 e. The molecule has 1 aromatic carbocycles. The van der Waals surface area contributed by atoms with E-state index in [0.717, 1.165) is 9.13 Å². The summed E-state index contributed by atoms with van der Waals surface area (Å²) in [4.78, 5) is 12.0. The fourth-order valence-electron chi connectivity index (χ4n) is 1.40. The molecule has 0 radical (unpaired) electrons. The number of aromatic amines is 1. The van der Waals surface area contributed by atoms with Crippen molar-refractivity contribution in [2.75, 3.05) is 11.1 Å². The van der Waals surface area contributed by atoms with Crippen LogP contribution in [0.15, 0.2) is 24.4 Å². The monoisotopic (exact) mass is 342 g/mol. The maximum absolute atomic E-state index is 12.0. The number of amides is 1. The minimum atomic E-state index is -0.200. The van der Waals surface area contributed by atoms with Gasteiger partial charge >= 0.3 is 0 Å². The number of benzene rings is 1. The number of rotatable bonds is 2. The molecule has 1 heterocycles. The molecule has 0 spiro atoms. The molecule has 5 nitrogen and oxygen atoms in total. The van der Waals surface area contributed by atoms with Gasteiger partial charge in [-0.3, -0.25) is 9.89 Å². The lowest BCUT2D eigenvalue weighted by atomic mass is 10.1. The van der Waals surface area contributed by atoms with E-state index in [9.17, 15) is 4.79 Å². The zero-order chi connectivity index (χ0) is 12.4. The Hall–Kier alpha value is -1.57. The maximum atomic E-state index is 12.0. The first-order valence-corrected chi connectivity index (χ1v) is 6.03. The Kier molecular flexibility index (Phi) is 3.32. The van der Waals surface area contributed by atoms with Crippen molar-refractivity contribution in [1.82, 2.24) is 10.2 Å². The number of nitrogen functional groups attached to an aromatic ring is 1. The second-order valence-corrected chi connectivity index (χ2v) is 4.67. The summed E-state index contributed by atoms with van der Waals surface area (Å²) in [6.45, 7) is 1.96. The number of nitrogens with zero attached hydrogens (tertiary/aromatic N) is 1. The van der Waals surface area contributed by atoms with Crippen LogP contribution in [0.2, 0.25) is 0 Å². The van der Waals surface area contributed by atoms with Gasteiger partial charge in [-0.2, -0.15) is 5.10 Å². The molecular weight excluding hydrogens is 331 g/mol. The number of carbonyl (C=O) groups is 1. The van der Waals surface area contributed by atoms with Crippen molar-refractivity contribution in [2.24, 2.45) is 0 Å². The SMILES string of the molecule is Cc1cccc(C(=O)Nc2[nH]ncc2N)c1I. The highest BCUT2D eigenvalue weighted by Crippen LogP contribution is 2.19. The van der Waals surface area contributed by atoms with Crippen LogP contribution in [-0.4, -0.2) is 16.1 Å². The number of aromatic nitrogens is 2. The number of anilines is 2. The summed E-state index contributed by atoms with van der Waals surface area (Å²) in [6, 6.07) is 5.59. The molecule has 1 amide bonds. The van der Waals surface area contributed by atoms with Gasteiger partial charge in [-0.05, 0) is 41.1 Å². The van der Waals surface area contributed by atoms with Crippen LogP contribution in [-0.2, 0) is 0 Å². The van der Waals surface area contributed by atoms with Crippen LogP contribution in [0.1, 0.15) is 15.9 Å². The molecule has 4 N–H and O–H groups in total. The van der Waals surface area contributed by atoms with E-state index in [1.165, 1.54) is 6.20 Å².